The second-order valence-electron chi connectivity index (χ2n) is 4.32. The number of alkyl halides is 1. The van der Waals surface area contributed by atoms with Crippen molar-refractivity contribution in [1.29, 1.82) is 0 Å². The van der Waals surface area contributed by atoms with Gasteiger partial charge in [0, 0.05) is 11.8 Å². The molecule has 0 N–H and O–H groups in total. The van der Waals surface area contributed by atoms with E-state index >= 15 is 0 Å². The number of hydrogen-bond acceptors (Lipinski definition) is 0. The summed E-state index contributed by atoms with van der Waals surface area (Å²) in [4.78, 5) is 0. The fourth-order valence-corrected chi connectivity index (χ4v) is 2.46. The Labute approximate surface area is 121 Å². The molecule has 0 spiro atoms. The highest BCUT2D eigenvalue weighted by molar-refractivity contribution is 6.31. The summed E-state index contributed by atoms with van der Waals surface area (Å²) in [5, 5.41) is 0.125. The molecule has 2 rings (SSSR count). The van der Waals surface area contributed by atoms with Gasteiger partial charge < -0.3 is 0 Å². The zero-order valence-corrected chi connectivity index (χ0v) is 11.6. The third-order valence-corrected chi connectivity index (χ3v) is 3.82. The standard InChI is InChI=1S/C15H12Cl2F2/c16-9-12(10-4-6-13(18)7-5-10)8-11-2-1-3-14(19)15(11)17/h1-7,12H,8-9H2. The van der Waals surface area contributed by atoms with Gasteiger partial charge in [0.15, 0.2) is 0 Å². The minimum Gasteiger partial charge on any atom is -0.207 e. The van der Waals surface area contributed by atoms with E-state index in [-0.39, 0.29) is 16.8 Å². The fourth-order valence-electron chi connectivity index (χ4n) is 1.97. The van der Waals surface area contributed by atoms with Gasteiger partial charge in [-0.3, -0.25) is 0 Å². The summed E-state index contributed by atoms with van der Waals surface area (Å²) in [5.74, 6) is -0.396. The molecule has 0 aliphatic rings. The topological polar surface area (TPSA) is 0 Å². The predicted molar refractivity (Wildman–Crippen MR) is 75.0 cm³/mol. The van der Waals surface area contributed by atoms with Crippen LogP contribution >= 0.6 is 23.2 Å². The van der Waals surface area contributed by atoms with Crippen molar-refractivity contribution in [3.05, 3.63) is 70.2 Å². The van der Waals surface area contributed by atoms with Crippen molar-refractivity contribution in [2.45, 2.75) is 12.3 Å². The Balaban J connectivity index is 2.24. The summed E-state index contributed by atoms with van der Waals surface area (Å²) >= 11 is 11.9. The zero-order chi connectivity index (χ0) is 13.8. The quantitative estimate of drug-likeness (QED) is 0.682. The van der Waals surface area contributed by atoms with Crippen LogP contribution in [0.25, 0.3) is 0 Å². The van der Waals surface area contributed by atoms with E-state index in [2.05, 4.69) is 0 Å². The lowest BCUT2D eigenvalue weighted by atomic mass is 9.93. The van der Waals surface area contributed by atoms with E-state index in [4.69, 9.17) is 23.2 Å². The monoisotopic (exact) mass is 300 g/mol. The van der Waals surface area contributed by atoms with Crippen molar-refractivity contribution in [1.82, 2.24) is 0 Å². The molecule has 0 nitrogen and oxygen atoms in total. The van der Waals surface area contributed by atoms with Crippen molar-refractivity contribution in [2.24, 2.45) is 0 Å². The summed E-state index contributed by atoms with van der Waals surface area (Å²) in [6.07, 6.45) is 0.520. The fraction of sp³-hybridized carbons (Fsp3) is 0.200. The van der Waals surface area contributed by atoms with E-state index in [0.29, 0.717) is 17.9 Å². The molecule has 2 aromatic rings. The Kier molecular flexibility index (Phi) is 4.78. The summed E-state index contributed by atoms with van der Waals surface area (Å²) in [6.45, 7) is 0. The van der Waals surface area contributed by atoms with Crippen LogP contribution in [0.4, 0.5) is 8.78 Å². The van der Waals surface area contributed by atoms with E-state index in [9.17, 15) is 8.78 Å². The van der Waals surface area contributed by atoms with E-state index in [0.717, 1.165) is 5.56 Å². The molecule has 0 aromatic heterocycles. The highest BCUT2D eigenvalue weighted by Gasteiger charge is 2.14. The number of rotatable bonds is 4. The van der Waals surface area contributed by atoms with Gasteiger partial charge in [-0.05, 0) is 35.7 Å². The first-order valence-electron chi connectivity index (χ1n) is 5.86. The van der Waals surface area contributed by atoms with Gasteiger partial charge in [-0.25, -0.2) is 8.78 Å². The summed E-state index contributed by atoms with van der Waals surface area (Å²) in [6, 6.07) is 10.9. The zero-order valence-electron chi connectivity index (χ0n) is 10.0. The molecule has 0 saturated carbocycles. The maximum Gasteiger partial charge on any atom is 0.142 e. The lowest BCUT2D eigenvalue weighted by molar-refractivity contribution is 0.622. The first-order chi connectivity index (χ1) is 9.11. The molecule has 19 heavy (non-hydrogen) atoms. The average molecular weight is 301 g/mol. The van der Waals surface area contributed by atoms with Crippen molar-refractivity contribution < 1.29 is 8.78 Å². The van der Waals surface area contributed by atoms with Crippen LogP contribution in [-0.4, -0.2) is 5.88 Å². The number of benzene rings is 2. The van der Waals surface area contributed by atoms with Gasteiger partial charge in [0.1, 0.15) is 11.6 Å². The molecule has 2 aromatic carbocycles. The summed E-state index contributed by atoms with van der Waals surface area (Å²) < 4.78 is 26.3. The summed E-state index contributed by atoms with van der Waals surface area (Å²) in [7, 11) is 0. The van der Waals surface area contributed by atoms with Gasteiger partial charge in [-0.2, -0.15) is 0 Å². The Bertz CT molecular complexity index is 553. The number of halogens is 4. The Morgan fingerprint density at radius 1 is 1.00 bits per heavy atom. The third-order valence-electron chi connectivity index (χ3n) is 3.03. The number of hydrogen-bond donors (Lipinski definition) is 0. The van der Waals surface area contributed by atoms with Crippen LogP contribution in [0.15, 0.2) is 42.5 Å². The molecule has 0 aliphatic carbocycles. The van der Waals surface area contributed by atoms with E-state index in [1.54, 1.807) is 24.3 Å². The molecular weight excluding hydrogens is 289 g/mol. The minimum atomic E-state index is -0.438. The smallest absolute Gasteiger partial charge is 0.142 e. The van der Waals surface area contributed by atoms with E-state index < -0.39 is 5.82 Å². The average Bonchev–Trinajstić information content (AvgIpc) is 2.42. The Hall–Kier alpha value is -1.12. The van der Waals surface area contributed by atoms with Gasteiger partial charge in [0.05, 0.1) is 5.02 Å². The van der Waals surface area contributed by atoms with Gasteiger partial charge in [-0.1, -0.05) is 35.9 Å². The molecule has 0 saturated heterocycles. The largest absolute Gasteiger partial charge is 0.207 e. The lowest BCUT2D eigenvalue weighted by Gasteiger charge is -2.15. The predicted octanol–water partition coefficient (Wildman–Crippen LogP) is 5.18. The van der Waals surface area contributed by atoms with Crippen LogP contribution < -0.4 is 0 Å². The molecular formula is C15H12Cl2F2. The van der Waals surface area contributed by atoms with Gasteiger partial charge in [0.2, 0.25) is 0 Å². The molecule has 4 heteroatoms. The normalized spacial score (nSPS) is 12.4. The van der Waals surface area contributed by atoms with E-state index in [1.807, 2.05) is 0 Å². The highest BCUT2D eigenvalue weighted by Crippen LogP contribution is 2.28. The molecule has 0 aliphatic heterocycles. The first-order valence-corrected chi connectivity index (χ1v) is 6.77. The van der Waals surface area contributed by atoms with Crippen LogP contribution in [-0.2, 0) is 6.42 Å². The molecule has 100 valence electrons. The van der Waals surface area contributed by atoms with Crippen molar-refractivity contribution >= 4 is 23.2 Å². The molecule has 1 atom stereocenters. The van der Waals surface area contributed by atoms with Crippen LogP contribution in [0.3, 0.4) is 0 Å². The molecule has 0 heterocycles. The minimum absolute atomic E-state index is 0.0263. The molecule has 0 fully saturated rings. The van der Waals surface area contributed by atoms with Gasteiger partial charge >= 0.3 is 0 Å². The third kappa shape index (κ3) is 3.46. The molecule has 1 unspecified atom stereocenters. The molecule has 0 radical (unpaired) electrons. The second-order valence-corrected chi connectivity index (χ2v) is 5.01. The van der Waals surface area contributed by atoms with Crippen LogP contribution in [0.5, 0.6) is 0 Å². The van der Waals surface area contributed by atoms with Crippen molar-refractivity contribution in [2.75, 3.05) is 5.88 Å². The Morgan fingerprint density at radius 3 is 2.32 bits per heavy atom. The first kappa shape index (κ1) is 14.3. The summed E-state index contributed by atoms with van der Waals surface area (Å²) in [5.41, 5.74) is 1.62. The maximum absolute atomic E-state index is 13.4. The van der Waals surface area contributed by atoms with Gasteiger partial charge in [-0.15, -0.1) is 11.6 Å². The highest BCUT2D eigenvalue weighted by atomic mass is 35.5. The second kappa shape index (κ2) is 6.36. The van der Waals surface area contributed by atoms with Crippen LogP contribution in [0, 0.1) is 11.6 Å². The van der Waals surface area contributed by atoms with Gasteiger partial charge in [0.25, 0.3) is 0 Å². The maximum atomic E-state index is 13.4. The molecule has 0 amide bonds. The molecule has 0 bridgehead atoms. The van der Waals surface area contributed by atoms with E-state index in [1.165, 1.54) is 18.2 Å². The van der Waals surface area contributed by atoms with Crippen molar-refractivity contribution in [3.63, 3.8) is 0 Å². The van der Waals surface area contributed by atoms with Crippen LogP contribution in [0.1, 0.15) is 17.0 Å². The Morgan fingerprint density at radius 2 is 1.68 bits per heavy atom. The lowest BCUT2D eigenvalue weighted by Crippen LogP contribution is -2.05. The van der Waals surface area contributed by atoms with Crippen molar-refractivity contribution in [3.8, 4) is 0 Å². The SMILES string of the molecule is Fc1ccc(C(CCl)Cc2cccc(F)c2Cl)cc1. The van der Waals surface area contributed by atoms with Crippen LogP contribution in [0.2, 0.25) is 5.02 Å².